The quantitative estimate of drug-likeness (QED) is 0.200. The van der Waals surface area contributed by atoms with Crippen molar-refractivity contribution in [3.8, 4) is 11.5 Å². The molecule has 0 saturated carbocycles. The lowest BCUT2D eigenvalue weighted by atomic mass is 10.0. The standard InChI is InChI=1S/C27H37F3N2O8S2.C2H6/c1-19(2)18-32(41(34,35)24-13-11-22(38-6)12-14-24)16-15-21(31-25(33)39-26(3,4)5)17-20-7-9-23(10-8-20)40-42(36,37)27(28,29)30;1-2/h7-14,19,21H,15-18H2,1-6H3,(H,31,33);1-2H3/t21-;/m1./s1. The van der Waals surface area contributed by atoms with E-state index in [1.165, 1.54) is 35.7 Å². The van der Waals surface area contributed by atoms with Gasteiger partial charge in [0.2, 0.25) is 10.0 Å². The number of alkyl halides is 3. The summed E-state index contributed by atoms with van der Waals surface area (Å²) in [6.07, 6.45) is -0.455. The Bertz CT molecular complexity index is 1390. The highest BCUT2D eigenvalue weighted by Gasteiger charge is 2.48. The monoisotopic (exact) mass is 668 g/mol. The van der Waals surface area contributed by atoms with E-state index in [1.54, 1.807) is 32.9 Å². The van der Waals surface area contributed by atoms with Crippen molar-refractivity contribution < 1.29 is 48.5 Å². The number of halogens is 3. The Balaban J connectivity index is 0.00000474. The number of benzene rings is 2. The van der Waals surface area contributed by atoms with Gasteiger partial charge in [0.25, 0.3) is 0 Å². The van der Waals surface area contributed by atoms with Crippen LogP contribution in [0.5, 0.6) is 11.5 Å². The largest absolute Gasteiger partial charge is 0.534 e. The summed E-state index contributed by atoms with van der Waals surface area (Å²) in [6.45, 7) is 13.0. The Kier molecular flexibility index (Phi) is 14.5. The number of hydrogen-bond donors (Lipinski definition) is 1. The average Bonchev–Trinajstić information content (AvgIpc) is 2.91. The molecule has 0 heterocycles. The van der Waals surface area contributed by atoms with Crippen LogP contribution < -0.4 is 14.2 Å². The van der Waals surface area contributed by atoms with Crippen molar-refractivity contribution in [2.75, 3.05) is 20.2 Å². The molecule has 44 heavy (non-hydrogen) atoms. The molecule has 2 aromatic rings. The van der Waals surface area contributed by atoms with Gasteiger partial charge in [-0.15, -0.1) is 0 Å². The van der Waals surface area contributed by atoms with Crippen molar-refractivity contribution in [3.05, 3.63) is 54.1 Å². The molecule has 0 bridgehead atoms. The van der Waals surface area contributed by atoms with Crippen LogP contribution in [-0.2, 0) is 31.3 Å². The fourth-order valence-electron chi connectivity index (χ4n) is 3.75. The van der Waals surface area contributed by atoms with Crippen LogP contribution in [-0.4, -0.2) is 64.6 Å². The molecule has 0 saturated heterocycles. The zero-order valence-electron chi connectivity index (χ0n) is 26.3. The smallest absolute Gasteiger partial charge is 0.497 e. The zero-order chi connectivity index (χ0) is 33.9. The van der Waals surface area contributed by atoms with Crippen molar-refractivity contribution in [2.24, 2.45) is 5.92 Å². The molecule has 0 aromatic heterocycles. The molecule has 0 unspecified atom stereocenters. The summed E-state index contributed by atoms with van der Waals surface area (Å²) in [4.78, 5) is 12.7. The Morgan fingerprint density at radius 3 is 1.89 bits per heavy atom. The fourth-order valence-corrected chi connectivity index (χ4v) is 5.83. The molecule has 1 amide bonds. The minimum Gasteiger partial charge on any atom is -0.497 e. The number of carbonyl (C=O) groups is 1. The molecule has 0 spiro atoms. The van der Waals surface area contributed by atoms with Crippen LogP contribution in [0.3, 0.4) is 0 Å². The first kappa shape index (κ1) is 39.0. The second-order valence-corrected chi connectivity index (χ2v) is 14.4. The number of carbonyl (C=O) groups excluding carboxylic acids is 1. The summed E-state index contributed by atoms with van der Waals surface area (Å²) in [5.74, 6) is -0.0596. The number of amides is 1. The minimum atomic E-state index is -5.83. The third-order valence-electron chi connectivity index (χ3n) is 5.61. The first-order chi connectivity index (χ1) is 20.2. The molecule has 0 aliphatic carbocycles. The summed E-state index contributed by atoms with van der Waals surface area (Å²) in [5, 5.41) is 2.73. The van der Waals surface area contributed by atoms with Gasteiger partial charge in [0.1, 0.15) is 17.1 Å². The number of methoxy groups -OCH3 is 1. The number of ether oxygens (including phenoxy) is 2. The molecule has 1 atom stereocenters. The Morgan fingerprint density at radius 2 is 1.43 bits per heavy atom. The van der Waals surface area contributed by atoms with Crippen molar-refractivity contribution in [1.82, 2.24) is 9.62 Å². The van der Waals surface area contributed by atoms with Crippen LogP contribution in [0.1, 0.15) is 60.5 Å². The molecule has 1 N–H and O–H groups in total. The lowest BCUT2D eigenvalue weighted by Gasteiger charge is -2.28. The van der Waals surface area contributed by atoms with Crippen LogP contribution in [0.4, 0.5) is 18.0 Å². The molecule has 2 aromatic carbocycles. The van der Waals surface area contributed by atoms with Crippen LogP contribution in [0.25, 0.3) is 0 Å². The van der Waals surface area contributed by atoms with Gasteiger partial charge in [-0.25, -0.2) is 13.2 Å². The fraction of sp³-hybridized carbons (Fsp3) is 0.552. The molecule has 0 radical (unpaired) electrons. The molecule has 0 aliphatic heterocycles. The number of hydrogen-bond acceptors (Lipinski definition) is 8. The van der Waals surface area contributed by atoms with E-state index in [0.717, 1.165) is 12.1 Å². The first-order valence-electron chi connectivity index (χ1n) is 14.0. The molecular weight excluding hydrogens is 625 g/mol. The second-order valence-electron chi connectivity index (χ2n) is 10.9. The maximum Gasteiger partial charge on any atom is 0.534 e. The van der Waals surface area contributed by atoms with Crippen molar-refractivity contribution in [1.29, 1.82) is 0 Å². The van der Waals surface area contributed by atoms with Gasteiger partial charge in [-0.05, 0) is 81.5 Å². The summed E-state index contributed by atoms with van der Waals surface area (Å²) in [7, 11) is -8.28. The van der Waals surface area contributed by atoms with Crippen molar-refractivity contribution in [2.45, 2.75) is 83.4 Å². The van der Waals surface area contributed by atoms with E-state index in [2.05, 4.69) is 9.50 Å². The van der Waals surface area contributed by atoms with Gasteiger partial charge < -0.3 is 19.0 Å². The Morgan fingerprint density at radius 1 is 0.909 bits per heavy atom. The number of rotatable bonds is 13. The first-order valence-corrected chi connectivity index (χ1v) is 16.8. The van der Waals surface area contributed by atoms with E-state index < -0.39 is 49.1 Å². The van der Waals surface area contributed by atoms with Crippen LogP contribution in [0.2, 0.25) is 0 Å². The van der Waals surface area contributed by atoms with Gasteiger partial charge in [-0.1, -0.05) is 39.8 Å². The normalized spacial score (nSPS) is 13.1. The van der Waals surface area contributed by atoms with Gasteiger partial charge >= 0.3 is 21.7 Å². The number of nitrogens with zero attached hydrogens (tertiary/aromatic N) is 1. The van der Waals surface area contributed by atoms with E-state index >= 15 is 0 Å². The van der Waals surface area contributed by atoms with E-state index in [-0.39, 0.29) is 36.7 Å². The minimum absolute atomic E-state index is 0.0178. The molecule has 0 aliphatic rings. The summed E-state index contributed by atoms with van der Waals surface area (Å²) < 4.78 is 103. The zero-order valence-corrected chi connectivity index (χ0v) is 27.9. The van der Waals surface area contributed by atoms with Gasteiger partial charge in [0.15, 0.2) is 0 Å². The highest BCUT2D eigenvalue weighted by atomic mass is 32.2. The van der Waals surface area contributed by atoms with Gasteiger partial charge in [0, 0.05) is 19.1 Å². The molecule has 0 fully saturated rings. The second kappa shape index (κ2) is 16.3. The maximum atomic E-state index is 13.5. The van der Waals surface area contributed by atoms with Gasteiger partial charge in [-0.3, -0.25) is 0 Å². The number of sulfonamides is 1. The third kappa shape index (κ3) is 12.5. The Labute approximate surface area is 259 Å². The van der Waals surface area contributed by atoms with E-state index in [4.69, 9.17) is 9.47 Å². The van der Waals surface area contributed by atoms with Crippen LogP contribution in [0.15, 0.2) is 53.4 Å². The average molecular weight is 669 g/mol. The molecule has 2 rings (SSSR count). The van der Waals surface area contributed by atoms with Crippen molar-refractivity contribution >= 4 is 26.2 Å². The van der Waals surface area contributed by atoms with E-state index in [9.17, 15) is 34.8 Å². The topological polar surface area (TPSA) is 128 Å². The van der Waals surface area contributed by atoms with Crippen LogP contribution >= 0.6 is 0 Å². The maximum absolute atomic E-state index is 13.5. The lowest BCUT2D eigenvalue weighted by molar-refractivity contribution is -0.0500. The molecule has 15 heteroatoms. The molecular formula is C29H43F3N2O8S2. The van der Waals surface area contributed by atoms with Gasteiger partial charge in [-0.2, -0.15) is 25.9 Å². The summed E-state index contributed by atoms with van der Waals surface area (Å²) in [6, 6.07) is 10.1. The molecule has 10 nitrogen and oxygen atoms in total. The summed E-state index contributed by atoms with van der Waals surface area (Å²) >= 11 is 0. The SMILES string of the molecule is CC.COc1ccc(S(=O)(=O)N(CC[C@H](Cc2ccc(OS(=O)(=O)C(F)(F)F)cc2)NC(=O)OC(C)(C)C)CC(C)C)cc1. The summed E-state index contributed by atoms with van der Waals surface area (Å²) in [5.41, 5.74) is -5.87. The predicted octanol–water partition coefficient (Wildman–Crippen LogP) is 6.12. The Hall–Kier alpha value is -3.04. The van der Waals surface area contributed by atoms with E-state index in [1.807, 2.05) is 27.7 Å². The predicted molar refractivity (Wildman–Crippen MR) is 161 cm³/mol. The van der Waals surface area contributed by atoms with Gasteiger partial charge in [0.05, 0.1) is 12.0 Å². The molecule has 250 valence electrons. The number of nitrogens with one attached hydrogen (secondary N) is 1. The third-order valence-corrected chi connectivity index (χ3v) is 8.47. The van der Waals surface area contributed by atoms with Crippen molar-refractivity contribution in [3.63, 3.8) is 0 Å². The van der Waals surface area contributed by atoms with Crippen LogP contribution in [0, 0.1) is 5.92 Å². The number of alkyl carbamates (subject to hydrolysis) is 1. The highest BCUT2D eigenvalue weighted by Crippen LogP contribution is 2.27. The highest BCUT2D eigenvalue weighted by molar-refractivity contribution is 7.89. The van der Waals surface area contributed by atoms with E-state index in [0.29, 0.717) is 11.3 Å². The lowest BCUT2D eigenvalue weighted by Crippen LogP contribution is -2.43.